The van der Waals surface area contributed by atoms with Crippen LogP contribution in [0.25, 0.3) is 77.3 Å². The molecule has 10 rings (SSSR count). The van der Waals surface area contributed by atoms with Crippen molar-refractivity contribution >= 4 is 50.0 Å². The molecule has 220 valence electrons. The third-order valence-electron chi connectivity index (χ3n) is 9.60. The number of para-hydroxylation sites is 1. The molecule has 1 aliphatic carbocycles. The second kappa shape index (κ2) is 10.1. The Labute approximate surface area is 272 Å². The summed E-state index contributed by atoms with van der Waals surface area (Å²) >= 11 is 0. The van der Waals surface area contributed by atoms with Gasteiger partial charge in [-0.25, -0.2) is 0 Å². The highest BCUT2D eigenvalue weighted by atomic mass is 16.3. The number of rotatable bonds is 5. The number of anilines is 3. The number of hydrogen-bond donors (Lipinski definition) is 1. The Morgan fingerprint density at radius 1 is 0.404 bits per heavy atom. The summed E-state index contributed by atoms with van der Waals surface area (Å²) in [6.45, 7) is 0. The lowest BCUT2D eigenvalue weighted by Crippen LogP contribution is -2.10. The zero-order valence-electron chi connectivity index (χ0n) is 25.4. The monoisotopic (exact) mass is 600 g/mol. The van der Waals surface area contributed by atoms with Crippen molar-refractivity contribution in [1.82, 2.24) is 4.98 Å². The fourth-order valence-electron chi connectivity index (χ4n) is 7.41. The maximum Gasteiger partial charge on any atom is 0.155 e. The molecule has 0 aliphatic heterocycles. The van der Waals surface area contributed by atoms with Gasteiger partial charge in [0.05, 0.1) is 5.52 Å². The summed E-state index contributed by atoms with van der Waals surface area (Å²) in [5.41, 5.74) is 15.0. The molecule has 7 aromatic carbocycles. The molecule has 0 amide bonds. The van der Waals surface area contributed by atoms with E-state index in [-0.39, 0.29) is 0 Å². The first-order valence-electron chi connectivity index (χ1n) is 16.0. The van der Waals surface area contributed by atoms with Crippen molar-refractivity contribution in [3.8, 4) is 44.5 Å². The Morgan fingerprint density at radius 3 is 1.74 bits per heavy atom. The summed E-state index contributed by atoms with van der Waals surface area (Å²) in [7, 11) is 0. The number of aromatic nitrogens is 1. The first-order chi connectivity index (χ1) is 23.3. The number of fused-ring (bicyclic) bond motifs is 6. The molecule has 2 heterocycles. The molecule has 0 radical (unpaired) electrons. The molecule has 0 saturated carbocycles. The zero-order valence-corrected chi connectivity index (χ0v) is 25.4. The van der Waals surface area contributed by atoms with E-state index >= 15 is 0 Å². The van der Waals surface area contributed by atoms with Crippen molar-refractivity contribution < 1.29 is 4.42 Å². The molecular weight excluding hydrogens is 572 g/mol. The van der Waals surface area contributed by atoms with E-state index in [2.05, 4.69) is 162 Å². The fourth-order valence-corrected chi connectivity index (χ4v) is 7.41. The van der Waals surface area contributed by atoms with Crippen LogP contribution < -0.4 is 4.90 Å². The van der Waals surface area contributed by atoms with Crippen LogP contribution in [0.15, 0.2) is 168 Å². The summed E-state index contributed by atoms with van der Waals surface area (Å²) in [4.78, 5) is 5.96. The van der Waals surface area contributed by atoms with Gasteiger partial charge in [0.2, 0.25) is 0 Å². The third-order valence-corrected chi connectivity index (χ3v) is 9.60. The van der Waals surface area contributed by atoms with Crippen molar-refractivity contribution in [3.63, 3.8) is 0 Å². The molecule has 0 atom stereocenters. The number of nitrogens with one attached hydrogen (secondary N) is 1. The molecule has 3 nitrogen and oxygen atoms in total. The van der Waals surface area contributed by atoms with Crippen molar-refractivity contribution in [3.05, 3.63) is 164 Å². The molecule has 3 heteroatoms. The number of hydrogen-bond acceptors (Lipinski definition) is 2. The predicted octanol–water partition coefficient (Wildman–Crippen LogP) is 12.5. The van der Waals surface area contributed by atoms with Gasteiger partial charge in [-0.15, -0.1) is 0 Å². The standard InChI is InChI=1S/C44H28N2O/c1-2-9-28(10-3-1)29-17-21-31(22-18-29)46(42-27-41-44(45-42)39-13-6-7-16-40(39)47-41)32-23-19-30(20-24-32)33-25-26-38-35-12-5-4-11-34(35)37-15-8-14-36(33)43(37)38/h1-27,45H. The highest BCUT2D eigenvalue weighted by molar-refractivity contribution is 6.18. The van der Waals surface area contributed by atoms with Gasteiger partial charge in [0.1, 0.15) is 11.4 Å². The van der Waals surface area contributed by atoms with Crippen LogP contribution in [0, 0.1) is 0 Å². The lowest BCUT2D eigenvalue weighted by atomic mass is 9.94. The number of H-pyrrole nitrogens is 1. The number of benzene rings is 7. The summed E-state index contributed by atoms with van der Waals surface area (Å²) in [5.74, 6) is 0.952. The summed E-state index contributed by atoms with van der Waals surface area (Å²) in [5, 5.41) is 3.71. The van der Waals surface area contributed by atoms with E-state index in [0.717, 1.165) is 39.3 Å². The van der Waals surface area contributed by atoms with E-state index in [4.69, 9.17) is 4.42 Å². The van der Waals surface area contributed by atoms with Crippen molar-refractivity contribution in [2.75, 3.05) is 4.90 Å². The average Bonchev–Trinajstić information content (AvgIpc) is 3.80. The Bertz CT molecular complexity index is 2580. The number of furan rings is 1. The van der Waals surface area contributed by atoms with Crippen LogP contribution in [0.3, 0.4) is 0 Å². The van der Waals surface area contributed by atoms with E-state index in [0.29, 0.717) is 0 Å². The number of nitrogens with zero attached hydrogens (tertiary/aromatic N) is 1. The van der Waals surface area contributed by atoms with Gasteiger partial charge >= 0.3 is 0 Å². The van der Waals surface area contributed by atoms with E-state index in [1.54, 1.807) is 0 Å². The van der Waals surface area contributed by atoms with Crippen molar-refractivity contribution in [2.24, 2.45) is 0 Å². The maximum absolute atomic E-state index is 6.24. The van der Waals surface area contributed by atoms with Crippen LogP contribution in [-0.4, -0.2) is 4.98 Å². The molecule has 1 aliphatic rings. The second-order valence-electron chi connectivity index (χ2n) is 12.2. The van der Waals surface area contributed by atoms with E-state index in [9.17, 15) is 0 Å². The van der Waals surface area contributed by atoms with E-state index < -0.39 is 0 Å². The van der Waals surface area contributed by atoms with Crippen molar-refractivity contribution in [1.29, 1.82) is 0 Å². The van der Waals surface area contributed by atoms with Gasteiger partial charge in [-0.1, -0.05) is 121 Å². The maximum atomic E-state index is 6.24. The van der Waals surface area contributed by atoms with Crippen LogP contribution in [0.2, 0.25) is 0 Å². The predicted molar refractivity (Wildman–Crippen MR) is 196 cm³/mol. The quantitative estimate of drug-likeness (QED) is 0.213. The molecule has 1 N–H and O–H groups in total. The van der Waals surface area contributed by atoms with Crippen LogP contribution in [-0.2, 0) is 0 Å². The van der Waals surface area contributed by atoms with Gasteiger partial charge in [0.15, 0.2) is 5.58 Å². The van der Waals surface area contributed by atoms with Crippen LogP contribution in [0.4, 0.5) is 17.2 Å². The summed E-state index contributed by atoms with van der Waals surface area (Å²) < 4.78 is 6.24. The smallest absolute Gasteiger partial charge is 0.155 e. The van der Waals surface area contributed by atoms with Gasteiger partial charge in [-0.2, -0.15) is 0 Å². The van der Waals surface area contributed by atoms with Gasteiger partial charge in [-0.05, 0) is 91.7 Å². The lowest BCUT2D eigenvalue weighted by Gasteiger charge is -2.24. The van der Waals surface area contributed by atoms with Crippen molar-refractivity contribution in [2.45, 2.75) is 0 Å². The second-order valence-corrected chi connectivity index (χ2v) is 12.2. The zero-order chi connectivity index (χ0) is 30.9. The lowest BCUT2D eigenvalue weighted by molar-refractivity contribution is 0.669. The van der Waals surface area contributed by atoms with Crippen LogP contribution in [0.5, 0.6) is 0 Å². The number of aromatic amines is 1. The molecule has 0 fully saturated rings. The Morgan fingerprint density at radius 2 is 0.979 bits per heavy atom. The molecule has 0 saturated heterocycles. The largest absolute Gasteiger partial charge is 0.454 e. The van der Waals surface area contributed by atoms with Crippen LogP contribution in [0.1, 0.15) is 0 Å². The summed E-state index contributed by atoms with van der Waals surface area (Å²) in [6, 6.07) is 58.5. The minimum absolute atomic E-state index is 0.845. The Kier molecular flexibility index (Phi) is 5.57. The molecule has 47 heavy (non-hydrogen) atoms. The SMILES string of the molecule is c1ccc(-c2ccc(N(c3ccc(-c4ccc5c6c(cccc46)-c4ccccc4-5)cc3)c3cc4oc5ccccc5c4[nH]3)cc2)cc1. The highest BCUT2D eigenvalue weighted by Gasteiger charge is 2.23. The van der Waals surface area contributed by atoms with Gasteiger partial charge in [0.25, 0.3) is 0 Å². The highest BCUT2D eigenvalue weighted by Crippen LogP contribution is 2.49. The first kappa shape index (κ1) is 26.0. The topological polar surface area (TPSA) is 32.2 Å². The van der Waals surface area contributed by atoms with Gasteiger partial charge in [-0.3, -0.25) is 4.90 Å². The molecule has 2 aromatic heterocycles. The molecule has 9 aromatic rings. The molecule has 0 bridgehead atoms. The van der Waals surface area contributed by atoms with E-state index in [1.807, 2.05) is 12.1 Å². The first-order valence-corrected chi connectivity index (χ1v) is 16.0. The van der Waals surface area contributed by atoms with E-state index in [1.165, 1.54) is 55.3 Å². The fraction of sp³-hybridized carbons (Fsp3) is 0. The Hall–Kier alpha value is -6.32. The minimum Gasteiger partial charge on any atom is -0.454 e. The van der Waals surface area contributed by atoms with Crippen LogP contribution >= 0.6 is 0 Å². The molecule has 0 spiro atoms. The normalized spacial score (nSPS) is 11.8. The summed E-state index contributed by atoms with van der Waals surface area (Å²) in [6.07, 6.45) is 0. The Balaban J connectivity index is 1.09. The third kappa shape index (κ3) is 4.00. The van der Waals surface area contributed by atoms with Gasteiger partial charge < -0.3 is 9.40 Å². The molecule has 0 unspecified atom stereocenters. The minimum atomic E-state index is 0.845. The molecular formula is C44H28N2O. The average molecular weight is 601 g/mol. The van der Waals surface area contributed by atoms with Gasteiger partial charge in [0, 0.05) is 22.8 Å².